The van der Waals surface area contributed by atoms with Gasteiger partial charge in [-0.05, 0) is 12.1 Å². The molecule has 0 saturated carbocycles. The number of rotatable bonds is 3. The van der Waals surface area contributed by atoms with Gasteiger partial charge in [0.25, 0.3) is 6.43 Å². The van der Waals surface area contributed by atoms with Gasteiger partial charge in [-0.1, -0.05) is 18.2 Å². The molecular weight excluding hydrogens is 216 g/mol. The van der Waals surface area contributed by atoms with Gasteiger partial charge in [-0.2, -0.15) is 0 Å². The molecule has 1 aromatic carbocycles. The topological polar surface area (TPSA) is 42.1 Å². The molecule has 3 nitrogen and oxygen atoms in total. The number of hydrogen-bond acceptors (Lipinski definition) is 2. The SMILES string of the molecule is O=C(OCC(F)F)c1cc2ccccc2[nH]1. The molecule has 0 unspecified atom stereocenters. The summed E-state index contributed by atoms with van der Waals surface area (Å²) in [5.41, 5.74) is 0.952. The zero-order valence-corrected chi connectivity index (χ0v) is 8.24. The van der Waals surface area contributed by atoms with E-state index in [1.807, 2.05) is 18.2 Å². The Kier molecular flexibility index (Phi) is 2.85. The second kappa shape index (κ2) is 4.30. The number of hydrogen-bond donors (Lipinski definition) is 1. The van der Waals surface area contributed by atoms with Gasteiger partial charge in [0.2, 0.25) is 0 Å². The Bertz CT molecular complexity index is 474. The molecule has 0 radical (unpaired) electrons. The molecule has 0 aliphatic heterocycles. The van der Waals surface area contributed by atoms with E-state index in [-0.39, 0.29) is 5.69 Å². The third kappa shape index (κ3) is 2.18. The van der Waals surface area contributed by atoms with Gasteiger partial charge in [0.15, 0.2) is 6.61 Å². The molecule has 1 N–H and O–H groups in total. The molecule has 1 heterocycles. The molecule has 2 aromatic rings. The van der Waals surface area contributed by atoms with Crippen LogP contribution in [0, 0.1) is 0 Å². The molecule has 2 rings (SSSR count). The lowest BCUT2D eigenvalue weighted by Crippen LogP contribution is -2.11. The van der Waals surface area contributed by atoms with Crippen molar-refractivity contribution < 1.29 is 18.3 Å². The highest BCUT2D eigenvalue weighted by Gasteiger charge is 2.13. The number of nitrogens with one attached hydrogen (secondary N) is 1. The third-order valence-corrected chi connectivity index (χ3v) is 2.09. The Hall–Kier alpha value is -1.91. The summed E-state index contributed by atoms with van der Waals surface area (Å²) in [5.74, 6) is -0.767. The average Bonchev–Trinajstić information content (AvgIpc) is 2.69. The number of H-pyrrole nitrogens is 1. The van der Waals surface area contributed by atoms with E-state index in [0.717, 1.165) is 10.9 Å². The van der Waals surface area contributed by atoms with E-state index in [1.54, 1.807) is 12.1 Å². The molecule has 0 amide bonds. The lowest BCUT2D eigenvalue weighted by molar-refractivity contribution is 0.0155. The minimum absolute atomic E-state index is 0.182. The Morgan fingerprint density at radius 3 is 2.81 bits per heavy atom. The largest absolute Gasteiger partial charge is 0.455 e. The second-order valence-electron chi connectivity index (χ2n) is 3.26. The summed E-state index contributed by atoms with van der Waals surface area (Å²) >= 11 is 0. The number of fused-ring (bicyclic) bond motifs is 1. The molecule has 1 aromatic heterocycles. The summed E-state index contributed by atoms with van der Waals surface area (Å²) in [5, 5.41) is 0.839. The van der Waals surface area contributed by atoms with Gasteiger partial charge in [0.1, 0.15) is 5.69 Å². The standard InChI is InChI=1S/C11H9F2NO2/c12-10(13)6-16-11(15)9-5-7-3-1-2-4-8(7)14-9/h1-5,10,14H,6H2. The van der Waals surface area contributed by atoms with Gasteiger partial charge >= 0.3 is 5.97 Å². The van der Waals surface area contributed by atoms with Crippen LogP contribution >= 0.6 is 0 Å². The minimum atomic E-state index is -2.65. The van der Waals surface area contributed by atoms with Crippen molar-refractivity contribution in [1.82, 2.24) is 4.98 Å². The summed E-state index contributed by atoms with van der Waals surface area (Å²) in [4.78, 5) is 14.1. The van der Waals surface area contributed by atoms with Crippen LogP contribution in [-0.2, 0) is 4.74 Å². The van der Waals surface area contributed by atoms with Crippen molar-refractivity contribution in [3.63, 3.8) is 0 Å². The van der Waals surface area contributed by atoms with E-state index in [1.165, 1.54) is 0 Å². The van der Waals surface area contributed by atoms with Crippen LogP contribution in [0.1, 0.15) is 10.5 Å². The van der Waals surface area contributed by atoms with E-state index in [2.05, 4.69) is 9.72 Å². The Morgan fingerprint density at radius 2 is 2.12 bits per heavy atom. The molecule has 0 bridgehead atoms. The van der Waals surface area contributed by atoms with Crippen LogP contribution in [0.3, 0.4) is 0 Å². The molecule has 84 valence electrons. The average molecular weight is 225 g/mol. The van der Waals surface area contributed by atoms with Crippen molar-refractivity contribution in [3.8, 4) is 0 Å². The van der Waals surface area contributed by atoms with Crippen LogP contribution in [0.5, 0.6) is 0 Å². The summed E-state index contributed by atoms with van der Waals surface area (Å²) < 4.78 is 28.1. The van der Waals surface area contributed by atoms with Gasteiger partial charge in [-0.25, -0.2) is 13.6 Å². The molecule has 5 heteroatoms. The number of benzene rings is 1. The van der Waals surface area contributed by atoms with Crippen molar-refractivity contribution in [3.05, 3.63) is 36.0 Å². The van der Waals surface area contributed by atoms with Crippen LogP contribution in [0.4, 0.5) is 8.78 Å². The first kappa shape index (κ1) is 10.6. The van der Waals surface area contributed by atoms with Crippen LogP contribution < -0.4 is 0 Å². The molecule has 0 aliphatic carbocycles. The number of aromatic amines is 1. The van der Waals surface area contributed by atoms with Crippen molar-refractivity contribution in [2.75, 3.05) is 6.61 Å². The van der Waals surface area contributed by atoms with E-state index in [4.69, 9.17) is 0 Å². The molecule has 0 fully saturated rings. The van der Waals surface area contributed by atoms with E-state index in [0.29, 0.717) is 0 Å². The van der Waals surface area contributed by atoms with Gasteiger partial charge < -0.3 is 9.72 Å². The zero-order chi connectivity index (χ0) is 11.5. The van der Waals surface area contributed by atoms with Crippen LogP contribution in [0.2, 0.25) is 0 Å². The molecule has 0 spiro atoms. The van der Waals surface area contributed by atoms with E-state index in [9.17, 15) is 13.6 Å². The smallest absolute Gasteiger partial charge is 0.354 e. The lowest BCUT2D eigenvalue weighted by Gasteiger charge is -2.00. The van der Waals surface area contributed by atoms with Crippen molar-refractivity contribution in [1.29, 1.82) is 0 Å². The highest BCUT2D eigenvalue weighted by Crippen LogP contribution is 2.15. The van der Waals surface area contributed by atoms with Gasteiger partial charge in [-0.15, -0.1) is 0 Å². The number of carbonyl (C=O) groups excluding carboxylic acids is 1. The number of ether oxygens (including phenoxy) is 1. The van der Waals surface area contributed by atoms with Gasteiger partial charge in [0.05, 0.1) is 0 Å². The van der Waals surface area contributed by atoms with Gasteiger partial charge in [0, 0.05) is 10.9 Å². The lowest BCUT2D eigenvalue weighted by atomic mass is 10.2. The zero-order valence-electron chi connectivity index (χ0n) is 8.24. The maximum absolute atomic E-state index is 11.8. The maximum Gasteiger partial charge on any atom is 0.354 e. The second-order valence-corrected chi connectivity index (χ2v) is 3.26. The summed E-state index contributed by atoms with van der Waals surface area (Å²) in [6, 6.07) is 8.82. The Balaban J connectivity index is 2.17. The third-order valence-electron chi connectivity index (χ3n) is 2.09. The van der Waals surface area contributed by atoms with Crippen LogP contribution in [0.25, 0.3) is 10.9 Å². The fraction of sp³-hybridized carbons (Fsp3) is 0.182. The predicted molar refractivity (Wildman–Crippen MR) is 54.6 cm³/mol. The van der Waals surface area contributed by atoms with Crippen LogP contribution in [-0.4, -0.2) is 24.0 Å². The normalized spacial score (nSPS) is 10.9. The highest BCUT2D eigenvalue weighted by atomic mass is 19.3. The fourth-order valence-corrected chi connectivity index (χ4v) is 1.40. The first-order valence-corrected chi connectivity index (χ1v) is 4.70. The predicted octanol–water partition coefficient (Wildman–Crippen LogP) is 2.59. The number of esters is 1. The highest BCUT2D eigenvalue weighted by molar-refractivity contribution is 5.94. The summed E-state index contributed by atoms with van der Waals surface area (Å²) in [7, 11) is 0. The molecular formula is C11H9F2NO2. The Labute approximate surface area is 90.0 Å². The minimum Gasteiger partial charge on any atom is -0.455 e. The molecule has 0 aliphatic rings. The number of aromatic nitrogens is 1. The Morgan fingerprint density at radius 1 is 1.38 bits per heavy atom. The first-order chi connectivity index (χ1) is 7.66. The van der Waals surface area contributed by atoms with Crippen molar-refractivity contribution >= 4 is 16.9 Å². The van der Waals surface area contributed by atoms with E-state index < -0.39 is 19.0 Å². The molecule has 16 heavy (non-hydrogen) atoms. The molecule has 0 saturated heterocycles. The summed E-state index contributed by atoms with van der Waals surface area (Å²) in [6.45, 7) is -0.881. The molecule has 0 atom stereocenters. The fourth-order valence-electron chi connectivity index (χ4n) is 1.40. The van der Waals surface area contributed by atoms with Crippen molar-refractivity contribution in [2.24, 2.45) is 0 Å². The monoisotopic (exact) mass is 225 g/mol. The number of alkyl halides is 2. The number of para-hydroxylation sites is 1. The van der Waals surface area contributed by atoms with Gasteiger partial charge in [-0.3, -0.25) is 0 Å². The quantitative estimate of drug-likeness (QED) is 0.816. The maximum atomic E-state index is 11.8. The van der Waals surface area contributed by atoms with E-state index >= 15 is 0 Å². The first-order valence-electron chi connectivity index (χ1n) is 4.70. The van der Waals surface area contributed by atoms with Crippen molar-refractivity contribution in [2.45, 2.75) is 6.43 Å². The number of halogens is 2. The number of carbonyl (C=O) groups is 1. The summed E-state index contributed by atoms with van der Waals surface area (Å²) in [6.07, 6.45) is -2.65. The van der Waals surface area contributed by atoms with Crippen LogP contribution in [0.15, 0.2) is 30.3 Å².